The van der Waals surface area contributed by atoms with Gasteiger partial charge in [0, 0.05) is 18.5 Å². The Morgan fingerprint density at radius 1 is 1.07 bits per heavy atom. The quantitative estimate of drug-likeness (QED) is 0.455. The summed E-state index contributed by atoms with van der Waals surface area (Å²) >= 11 is 1.55. The van der Waals surface area contributed by atoms with Crippen LogP contribution in [-0.4, -0.2) is 45.0 Å². The van der Waals surface area contributed by atoms with Crippen molar-refractivity contribution in [1.82, 2.24) is 9.62 Å². The standard InChI is InChI=1S/C22H30N2O3S2/c1-17(2)19-9-7-18(8-10-19)6-5-15-23-22(25)16-24(3)29(26,27)21-13-11-20(28-4)12-14-21/h7-14,17H,5-6,15-16H2,1-4H3,(H,23,25). The number of hydrogen-bond donors (Lipinski definition) is 1. The van der Waals surface area contributed by atoms with Crippen molar-refractivity contribution in [2.45, 2.75) is 42.4 Å². The number of rotatable bonds is 10. The molecule has 0 aromatic heterocycles. The first-order valence-electron chi connectivity index (χ1n) is 9.70. The van der Waals surface area contributed by atoms with E-state index in [1.807, 2.05) is 6.26 Å². The second-order valence-corrected chi connectivity index (χ2v) is 10.2. The van der Waals surface area contributed by atoms with Crippen molar-refractivity contribution in [1.29, 1.82) is 0 Å². The predicted molar refractivity (Wildman–Crippen MR) is 120 cm³/mol. The summed E-state index contributed by atoms with van der Waals surface area (Å²) in [6.45, 7) is 4.65. The molecule has 0 aliphatic carbocycles. The Labute approximate surface area is 178 Å². The topological polar surface area (TPSA) is 66.5 Å². The van der Waals surface area contributed by atoms with Gasteiger partial charge in [-0.25, -0.2) is 8.42 Å². The van der Waals surface area contributed by atoms with E-state index in [9.17, 15) is 13.2 Å². The van der Waals surface area contributed by atoms with Gasteiger partial charge in [-0.05, 0) is 60.4 Å². The lowest BCUT2D eigenvalue weighted by Gasteiger charge is -2.17. The van der Waals surface area contributed by atoms with Crippen LogP contribution in [0.15, 0.2) is 58.3 Å². The lowest BCUT2D eigenvalue weighted by atomic mass is 10.0. The first-order valence-corrected chi connectivity index (χ1v) is 12.4. The molecule has 0 saturated carbocycles. The van der Waals surface area contributed by atoms with Crippen LogP contribution in [-0.2, 0) is 21.2 Å². The van der Waals surface area contributed by atoms with Gasteiger partial charge < -0.3 is 5.32 Å². The number of aryl methyl sites for hydroxylation is 1. The molecule has 0 spiro atoms. The summed E-state index contributed by atoms with van der Waals surface area (Å²) in [7, 11) is -2.26. The SMILES string of the molecule is CSc1ccc(S(=O)(=O)N(C)CC(=O)NCCCc2ccc(C(C)C)cc2)cc1. The van der Waals surface area contributed by atoms with E-state index in [4.69, 9.17) is 0 Å². The summed E-state index contributed by atoms with van der Waals surface area (Å²) in [5.41, 5.74) is 2.55. The Kier molecular flexibility index (Phi) is 8.74. The molecule has 0 radical (unpaired) electrons. The normalized spacial score (nSPS) is 11.8. The lowest BCUT2D eigenvalue weighted by molar-refractivity contribution is -0.121. The maximum Gasteiger partial charge on any atom is 0.243 e. The fourth-order valence-electron chi connectivity index (χ4n) is 2.86. The van der Waals surface area contributed by atoms with Crippen LogP contribution in [0.3, 0.4) is 0 Å². The van der Waals surface area contributed by atoms with E-state index in [2.05, 4.69) is 43.4 Å². The molecule has 1 amide bonds. The number of nitrogens with zero attached hydrogens (tertiary/aromatic N) is 1. The van der Waals surface area contributed by atoms with Gasteiger partial charge in [-0.3, -0.25) is 4.79 Å². The molecule has 29 heavy (non-hydrogen) atoms. The third kappa shape index (κ3) is 6.87. The number of nitrogens with one attached hydrogen (secondary N) is 1. The predicted octanol–water partition coefficient (Wildman–Crippen LogP) is 3.90. The number of hydrogen-bond acceptors (Lipinski definition) is 4. The van der Waals surface area contributed by atoms with E-state index in [1.165, 1.54) is 18.2 Å². The molecule has 0 atom stereocenters. The summed E-state index contributed by atoms with van der Waals surface area (Å²) in [4.78, 5) is 13.3. The van der Waals surface area contributed by atoms with E-state index >= 15 is 0 Å². The molecule has 0 heterocycles. The van der Waals surface area contributed by atoms with Gasteiger partial charge in [-0.2, -0.15) is 4.31 Å². The first-order chi connectivity index (χ1) is 13.7. The molecule has 7 heteroatoms. The highest BCUT2D eigenvalue weighted by molar-refractivity contribution is 7.98. The molecule has 0 aliphatic heterocycles. The van der Waals surface area contributed by atoms with E-state index in [0.29, 0.717) is 12.5 Å². The number of carbonyl (C=O) groups is 1. The number of amides is 1. The van der Waals surface area contributed by atoms with Crippen LogP contribution in [0.5, 0.6) is 0 Å². The molecule has 2 aromatic rings. The van der Waals surface area contributed by atoms with Crippen LogP contribution in [0, 0.1) is 0 Å². The zero-order valence-electron chi connectivity index (χ0n) is 17.5. The van der Waals surface area contributed by atoms with Crippen LogP contribution < -0.4 is 5.32 Å². The van der Waals surface area contributed by atoms with Crippen LogP contribution >= 0.6 is 11.8 Å². The average Bonchev–Trinajstić information content (AvgIpc) is 2.71. The van der Waals surface area contributed by atoms with Crippen molar-refractivity contribution in [2.24, 2.45) is 0 Å². The van der Waals surface area contributed by atoms with Gasteiger partial charge in [0.25, 0.3) is 0 Å². The highest BCUT2D eigenvalue weighted by Gasteiger charge is 2.22. The Bertz CT molecular complexity index is 893. The Balaban J connectivity index is 1.78. The molecule has 0 saturated heterocycles. The molecule has 1 N–H and O–H groups in total. The fourth-order valence-corrected chi connectivity index (χ4v) is 4.40. The van der Waals surface area contributed by atoms with Gasteiger partial charge in [0.05, 0.1) is 11.4 Å². The molecule has 0 aliphatic rings. The number of benzene rings is 2. The highest BCUT2D eigenvalue weighted by atomic mass is 32.2. The third-order valence-corrected chi connectivity index (χ3v) is 7.31. The minimum absolute atomic E-state index is 0.190. The van der Waals surface area contributed by atoms with Crippen LogP contribution in [0.2, 0.25) is 0 Å². The Morgan fingerprint density at radius 2 is 1.69 bits per heavy atom. The molecule has 158 valence electrons. The zero-order chi connectivity index (χ0) is 21.4. The van der Waals surface area contributed by atoms with Crippen molar-refractivity contribution in [3.63, 3.8) is 0 Å². The van der Waals surface area contributed by atoms with Crippen LogP contribution in [0.4, 0.5) is 0 Å². The zero-order valence-corrected chi connectivity index (χ0v) is 19.1. The molecule has 0 fully saturated rings. The summed E-state index contributed by atoms with van der Waals surface area (Å²) in [5, 5.41) is 2.81. The summed E-state index contributed by atoms with van der Waals surface area (Å²) < 4.78 is 26.3. The Morgan fingerprint density at radius 3 is 2.24 bits per heavy atom. The smallest absolute Gasteiger partial charge is 0.243 e. The molecule has 2 rings (SSSR count). The van der Waals surface area contributed by atoms with Crippen molar-refractivity contribution in [2.75, 3.05) is 26.4 Å². The van der Waals surface area contributed by atoms with Crippen molar-refractivity contribution in [3.05, 3.63) is 59.7 Å². The molecule has 5 nitrogen and oxygen atoms in total. The van der Waals surface area contributed by atoms with Gasteiger partial charge in [-0.15, -0.1) is 11.8 Å². The van der Waals surface area contributed by atoms with Gasteiger partial charge in [0.15, 0.2) is 0 Å². The first kappa shape index (κ1) is 23.4. The highest BCUT2D eigenvalue weighted by Crippen LogP contribution is 2.20. The summed E-state index contributed by atoms with van der Waals surface area (Å²) in [5.74, 6) is 0.215. The maximum atomic E-state index is 12.6. The van der Waals surface area contributed by atoms with E-state index in [0.717, 1.165) is 22.0 Å². The van der Waals surface area contributed by atoms with Gasteiger partial charge in [0.1, 0.15) is 0 Å². The van der Waals surface area contributed by atoms with Gasteiger partial charge in [0.2, 0.25) is 15.9 Å². The van der Waals surface area contributed by atoms with E-state index in [-0.39, 0.29) is 17.3 Å². The minimum atomic E-state index is -3.68. The summed E-state index contributed by atoms with van der Waals surface area (Å²) in [6.07, 6.45) is 3.61. The minimum Gasteiger partial charge on any atom is -0.355 e. The second-order valence-electron chi connectivity index (χ2n) is 7.29. The molecule has 0 bridgehead atoms. The maximum absolute atomic E-state index is 12.6. The summed E-state index contributed by atoms with van der Waals surface area (Å²) in [6, 6.07) is 15.2. The molecular weight excluding hydrogens is 404 g/mol. The van der Waals surface area contributed by atoms with Gasteiger partial charge >= 0.3 is 0 Å². The molecule has 2 aromatic carbocycles. The van der Waals surface area contributed by atoms with Gasteiger partial charge in [-0.1, -0.05) is 38.1 Å². The molecular formula is C22H30N2O3S2. The number of thioether (sulfide) groups is 1. The number of sulfonamides is 1. The third-order valence-electron chi connectivity index (χ3n) is 4.74. The second kappa shape index (κ2) is 10.8. The van der Waals surface area contributed by atoms with Crippen molar-refractivity contribution < 1.29 is 13.2 Å². The van der Waals surface area contributed by atoms with Crippen LogP contribution in [0.25, 0.3) is 0 Å². The van der Waals surface area contributed by atoms with E-state index < -0.39 is 10.0 Å². The van der Waals surface area contributed by atoms with Crippen molar-refractivity contribution >= 4 is 27.7 Å². The largest absolute Gasteiger partial charge is 0.355 e. The Hall–Kier alpha value is -1.83. The molecule has 0 unspecified atom stereocenters. The van der Waals surface area contributed by atoms with Crippen LogP contribution in [0.1, 0.15) is 37.3 Å². The number of carbonyl (C=O) groups excluding carboxylic acids is 1. The van der Waals surface area contributed by atoms with Crippen molar-refractivity contribution in [3.8, 4) is 0 Å². The van der Waals surface area contributed by atoms with E-state index in [1.54, 1.807) is 36.0 Å². The average molecular weight is 435 g/mol. The monoisotopic (exact) mass is 434 g/mol. The lowest BCUT2D eigenvalue weighted by Crippen LogP contribution is -2.38. The fraction of sp³-hybridized carbons (Fsp3) is 0.409. The number of likely N-dealkylation sites (N-methyl/N-ethyl adjacent to an activating group) is 1.